The number of carbonyl (C=O) groups excluding carboxylic acids is 2. The fourth-order valence-electron chi connectivity index (χ4n) is 2.19. The van der Waals surface area contributed by atoms with Crippen LogP contribution in [0.2, 0.25) is 0 Å². The standard InChI is InChI=1S/C8H7ClO2.C8H13NO4/c9-8(10)11-6-7-4-2-1-3-5-7;1-13-7(10)6-2-4-9(5-3-6)8(11)12/h1-5H,6H2;6H,2-5H2,1H3,(H,11,12). The molecule has 2 rings (SSSR count). The Morgan fingerprint density at radius 2 is 1.79 bits per heavy atom. The van der Waals surface area contributed by atoms with E-state index in [1.807, 2.05) is 30.3 Å². The van der Waals surface area contributed by atoms with Crippen LogP contribution in [0.5, 0.6) is 0 Å². The van der Waals surface area contributed by atoms with E-state index >= 15 is 0 Å². The molecule has 0 aliphatic carbocycles. The van der Waals surface area contributed by atoms with Gasteiger partial charge in [0.15, 0.2) is 0 Å². The highest BCUT2D eigenvalue weighted by atomic mass is 35.5. The summed E-state index contributed by atoms with van der Waals surface area (Å²) in [5, 5.41) is 8.63. The predicted octanol–water partition coefficient (Wildman–Crippen LogP) is 3.11. The van der Waals surface area contributed by atoms with E-state index in [-0.39, 0.29) is 18.5 Å². The second kappa shape index (κ2) is 10.5. The Bertz CT molecular complexity index is 543. The van der Waals surface area contributed by atoms with Gasteiger partial charge in [-0.25, -0.2) is 9.59 Å². The lowest BCUT2D eigenvalue weighted by molar-refractivity contribution is -0.146. The summed E-state index contributed by atoms with van der Waals surface area (Å²) in [7, 11) is 1.35. The Morgan fingerprint density at radius 3 is 2.25 bits per heavy atom. The summed E-state index contributed by atoms with van der Waals surface area (Å²) in [6, 6.07) is 9.36. The first-order chi connectivity index (χ1) is 11.4. The molecule has 1 aliphatic rings. The number of carboxylic acid groups (broad SMARTS) is 1. The SMILES string of the molecule is COC(=O)C1CCN(C(=O)O)CC1.O=C(Cl)OCc1ccccc1. The van der Waals surface area contributed by atoms with Gasteiger partial charge < -0.3 is 19.5 Å². The van der Waals surface area contributed by atoms with Crippen molar-refractivity contribution < 1.29 is 29.0 Å². The number of hydrogen-bond acceptors (Lipinski definition) is 5. The molecule has 0 unspecified atom stereocenters. The van der Waals surface area contributed by atoms with Gasteiger partial charge in [0.05, 0.1) is 13.0 Å². The van der Waals surface area contributed by atoms with Gasteiger partial charge in [0.1, 0.15) is 6.61 Å². The van der Waals surface area contributed by atoms with Crippen molar-refractivity contribution in [2.24, 2.45) is 5.92 Å². The molecular weight excluding hydrogens is 338 g/mol. The van der Waals surface area contributed by atoms with Crippen LogP contribution in [0.4, 0.5) is 9.59 Å². The summed E-state index contributed by atoms with van der Waals surface area (Å²) in [5.74, 6) is -0.356. The predicted molar refractivity (Wildman–Crippen MR) is 86.8 cm³/mol. The van der Waals surface area contributed by atoms with Gasteiger partial charge in [-0.05, 0) is 18.4 Å². The minimum absolute atomic E-state index is 0.124. The summed E-state index contributed by atoms with van der Waals surface area (Å²) in [5.41, 5.74) is 0.162. The van der Waals surface area contributed by atoms with Gasteiger partial charge in [-0.15, -0.1) is 0 Å². The zero-order valence-electron chi connectivity index (χ0n) is 13.3. The molecule has 1 heterocycles. The smallest absolute Gasteiger partial charge is 0.407 e. The molecule has 1 aromatic carbocycles. The number of benzene rings is 1. The molecule has 0 saturated carbocycles. The lowest BCUT2D eigenvalue weighted by atomic mass is 9.97. The van der Waals surface area contributed by atoms with Crippen LogP contribution < -0.4 is 0 Å². The third-order valence-electron chi connectivity index (χ3n) is 3.50. The Morgan fingerprint density at radius 1 is 1.21 bits per heavy atom. The first kappa shape index (κ1) is 19.8. The first-order valence-corrected chi connectivity index (χ1v) is 7.73. The van der Waals surface area contributed by atoms with Crippen LogP contribution >= 0.6 is 11.6 Å². The van der Waals surface area contributed by atoms with Crippen LogP contribution in [0.25, 0.3) is 0 Å². The molecule has 0 spiro atoms. The highest BCUT2D eigenvalue weighted by molar-refractivity contribution is 6.61. The summed E-state index contributed by atoms with van der Waals surface area (Å²) >= 11 is 4.97. The molecule has 1 fully saturated rings. The molecule has 0 aromatic heterocycles. The lowest BCUT2D eigenvalue weighted by Gasteiger charge is -2.28. The fourth-order valence-corrected chi connectivity index (χ4v) is 2.24. The van der Waals surface area contributed by atoms with E-state index in [4.69, 9.17) is 16.7 Å². The van der Waals surface area contributed by atoms with Crippen molar-refractivity contribution in [2.75, 3.05) is 20.2 Å². The molecule has 132 valence electrons. The van der Waals surface area contributed by atoms with Crippen LogP contribution in [-0.4, -0.2) is 47.7 Å². The highest BCUT2D eigenvalue weighted by Crippen LogP contribution is 2.18. The molecule has 1 saturated heterocycles. The largest absolute Gasteiger partial charge is 0.469 e. The Balaban J connectivity index is 0.000000243. The van der Waals surface area contributed by atoms with E-state index in [1.165, 1.54) is 12.0 Å². The van der Waals surface area contributed by atoms with E-state index in [0.717, 1.165) is 5.56 Å². The van der Waals surface area contributed by atoms with Gasteiger partial charge in [0.2, 0.25) is 0 Å². The Hall–Kier alpha value is -2.28. The Kier molecular flexibility index (Phi) is 8.64. The number of carbonyl (C=O) groups is 3. The highest BCUT2D eigenvalue weighted by Gasteiger charge is 2.27. The number of piperidine rings is 1. The number of halogens is 1. The van der Waals surface area contributed by atoms with Crippen LogP contribution in [0.15, 0.2) is 30.3 Å². The van der Waals surface area contributed by atoms with Crippen molar-refractivity contribution in [1.82, 2.24) is 4.90 Å². The fraction of sp³-hybridized carbons (Fsp3) is 0.438. The third-order valence-corrected chi connectivity index (χ3v) is 3.60. The van der Waals surface area contributed by atoms with Crippen molar-refractivity contribution >= 4 is 29.1 Å². The molecule has 7 nitrogen and oxygen atoms in total. The van der Waals surface area contributed by atoms with Crippen LogP contribution in [0.1, 0.15) is 18.4 Å². The normalized spacial score (nSPS) is 14.2. The number of methoxy groups -OCH3 is 1. The van der Waals surface area contributed by atoms with Crippen molar-refractivity contribution in [1.29, 1.82) is 0 Å². The monoisotopic (exact) mass is 357 g/mol. The van der Waals surface area contributed by atoms with E-state index < -0.39 is 11.5 Å². The van der Waals surface area contributed by atoms with Gasteiger partial charge in [-0.2, -0.15) is 0 Å². The number of nitrogens with zero attached hydrogens (tertiary/aromatic N) is 1. The topological polar surface area (TPSA) is 93.1 Å². The molecule has 0 bridgehead atoms. The second-order valence-electron chi connectivity index (χ2n) is 5.08. The van der Waals surface area contributed by atoms with Gasteiger partial charge in [-0.1, -0.05) is 30.3 Å². The minimum atomic E-state index is -0.914. The molecule has 1 aliphatic heterocycles. The minimum Gasteiger partial charge on any atom is -0.469 e. The van der Waals surface area contributed by atoms with Crippen LogP contribution in [0, 0.1) is 5.92 Å². The molecule has 1 aromatic rings. The van der Waals surface area contributed by atoms with E-state index in [2.05, 4.69) is 9.47 Å². The van der Waals surface area contributed by atoms with Crippen molar-refractivity contribution in [3.63, 3.8) is 0 Å². The number of hydrogen-bond donors (Lipinski definition) is 1. The average Bonchev–Trinajstić information content (AvgIpc) is 2.60. The molecule has 0 radical (unpaired) electrons. The number of esters is 1. The number of ether oxygens (including phenoxy) is 2. The second-order valence-corrected chi connectivity index (χ2v) is 5.39. The summed E-state index contributed by atoms with van der Waals surface area (Å²) in [6.45, 7) is 1.09. The first-order valence-electron chi connectivity index (χ1n) is 7.36. The van der Waals surface area contributed by atoms with Crippen molar-refractivity contribution in [3.05, 3.63) is 35.9 Å². The summed E-state index contributed by atoms with van der Waals surface area (Å²) in [4.78, 5) is 33.0. The van der Waals surface area contributed by atoms with Crippen LogP contribution in [0.3, 0.4) is 0 Å². The Labute approximate surface area is 145 Å². The molecule has 1 amide bonds. The third kappa shape index (κ3) is 7.32. The maximum atomic E-state index is 11.1. The van der Waals surface area contributed by atoms with Gasteiger partial charge >= 0.3 is 17.5 Å². The lowest BCUT2D eigenvalue weighted by Crippen LogP contribution is -2.39. The number of amides is 1. The molecular formula is C16H20ClNO6. The molecule has 8 heteroatoms. The maximum absolute atomic E-state index is 11.1. The summed E-state index contributed by atoms with van der Waals surface area (Å²) < 4.78 is 9.13. The maximum Gasteiger partial charge on any atom is 0.407 e. The van der Waals surface area contributed by atoms with E-state index in [1.54, 1.807) is 0 Å². The van der Waals surface area contributed by atoms with Gasteiger partial charge in [0.25, 0.3) is 0 Å². The average molecular weight is 358 g/mol. The molecule has 24 heavy (non-hydrogen) atoms. The quantitative estimate of drug-likeness (QED) is 0.660. The molecule has 1 N–H and O–H groups in total. The van der Waals surface area contributed by atoms with Crippen molar-refractivity contribution in [3.8, 4) is 0 Å². The van der Waals surface area contributed by atoms with E-state index in [9.17, 15) is 14.4 Å². The van der Waals surface area contributed by atoms with Gasteiger partial charge in [0, 0.05) is 24.7 Å². The van der Waals surface area contributed by atoms with E-state index in [0.29, 0.717) is 25.9 Å². The number of rotatable bonds is 3. The number of likely N-dealkylation sites (tertiary alicyclic amines) is 1. The zero-order chi connectivity index (χ0) is 17.9. The zero-order valence-corrected chi connectivity index (χ0v) is 14.1. The summed E-state index contributed by atoms with van der Waals surface area (Å²) in [6.07, 6.45) is 0.223. The molecule has 0 atom stereocenters. The van der Waals surface area contributed by atoms with Crippen molar-refractivity contribution in [2.45, 2.75) is 19.4 Å². The van der Waals surface area contributed by atoms with Gasteiger partial charge in [-0.3, -0.25) is 4.79 Å². The van der Waals surface area contributed by atoms with Crippen LogP contribution in [-0.2, 0) is 20.9 Å².